The Kier molecular flexibility index (Phi) is 3.15. The van der Waals surface area contributed by atoms with E-state index in [1.807, 2.05) is 49.4 Å². The third kappa shape index (κ3) is 2.55. The van der Waals surface area contributed by atoms with Gasteiger partial charge in [0.2, 0.25) is 0 Å². The van der Waals surface area contributed by atoms with Crippen molar-refractivity contribution in [3.63, 3.8) is 0 Å². The van der Waals surface area contributed by atoms with Crippen LogP contribution in [0.4, 0.5) is 17.1 Å². The fourth-order valence-corrected chi connectivity index (χ4v) is 1.85. The highest BCUT2D eigenvalue weighted by atomic mass is 79.9. The van der Waals surface area contributed by atoms with Gasteiger partial charge in [0.25, 0.3) is 0 Å². The van der Waals surface area contributed by atoms with Crippen molar-refractivity contribution in [3.8, 4) is 0 Å². The van der Waals surface area contributed by atoms with Gasteiger partial charge >= 0.3 is 0 Å². The Morgan fingerprint density at radius 2 is 1.81 bits per heavy atom. The van der Waals surface area contributed by atoms with Gasteiger partial charge in [-0.1, -0.05) is 28.1 Å². The third-order valence-corrected chi connectivity index (χ3v) is 2.89. The Morgan fingerprint density at radius 1 is 1.06 bits per heavy atom. The third-order valence-electron chi connectivity index (χ3n) is 2.39. The van der Waals surface area contributed by atoms with Crippen LogP contribution in [0.15, 0.2) is 46.9 Å². The Labute approximate surface area is 104 Å². The smallest absolute Gasteiger partial charge is 0.0405 e. The van der Waals surface area contributed by atoms with Crippen molar-refractivity contribution in [2.75, 3.05) is 11.1 Å². The van der Waals surface area contributed by atoms with E-state index in [1.54, 1.807) is 0 Å². The molecular formula is C13H13BrN2. The molecule has 2 rings (SSSR count). The zero-order chi connectivity index (χ0) is 11.5. The quantitative estimate of drug-likeness (QED) is 0.811. The average molecular weight is 277 g/mol. The molecule has 0 radical (unpaired) electrons. The first-order valence-corrected chi connectivity index (χ1v) is 5.83. The van der Waals surface area contributed by atoms with Crippen LogP contribution < -0.4 is 11.1 Å². The van der Waals surface area contributed by atoms with Gasteiger partial charge in [0, 0.05) is 21.5 Å². The van der Waals surface area contributed by atoms with E-state index in [1.165, 1.54) is 0 Å². The minimum Gasteiger partial charge on any atom is -0.398 e. The van der Waals surface area contributed by atoms with Gasteiger partial charge in [0.05, 0.1) is 0 Å². The number of hydrogen-bond acceptors (Lipinski definition) is 2. The molecule has 0 atom stereocenters. The van der Waals surface area contributed by atoms with Crippen molar-refractivity contribution in [2.24, 2.45) is 0 Å². The zero-order valence-corrected chi connectivity index (χ0v) is 10.6. The number of aryl methyl sites for hydroxylation is 1. The number of anilines is 3. The molecule has 3 heteroatoms. The first-order valence-electron chi connectivity index (χ1n) is 5.04. The SMILES string of the molecule is Cc1ccc(Nc2cccc(Br)c2)cc1N. The summed E-state index contributed by atoms with van der Waals surface area (Å²) < 4.78 is 1.05. The summed E-state index contributed by atoms with van der Waals surface area (Å²) in [5, 5.41) is 3.30. The predicted molar refractivity (Wildman–Crippen MR) is 73.0 cm³/mol. The average Bonchev–Trinajstić information content (AvgIpc) is 2.24. The van der Waals surface area contributed by atoms with Gasteiger partial charge in [-0.2, -0.15) is 0 Å². The standard InChI is InChI=1S/C13H13BrN2/c1-9-5-6-12(8-13(9)15)16-11-4-2-3-10(14)7-11/h2-8,16H,15H2,1H3. The van der Waals surface area contributed by atoms with E-state index >= 15 is 0 Å². The topological polar surface area (TPSA) is 38.0 Å². The maximum Gasteiger partial charge on any atom is 0.0405 e. The molecule has 2 aromatic carbocycles. The Morgan fingerprint density at radius 3 is 2.50 bits per heavy atom. The van der Waals surface area contributed by atoms with Gasteiger partial charge in [-0.3, -0.25) is 0 Å². The van der Waals surface area contributed by atoms with E-state index in [-0.39, 0.29) is 0 Å². The van der Waals surface area contributed by atoms with Gasteiger partial charge in [-0.25, -0.2) is 0 Å². The summed E-state index contributed by atoms with van der Waals surface area (Å²) in [6, 6.07) is 14.0. The van der Waals surface area contributed by atoms with Crippen molar-refractivity contribution in [2.45, 2.75) is 6.92 Å². The molecular weight excluding hydrogens is 264 g/mol. The van der Waals surface area contributed by atoms with E-state index in [9.17, 15) is 0 Å². The van der Waals surface area contributed by atoms with Crippen molar-refractivity contribution in [1.82, 2.24) is 0 Å². The number of nitrogens with one attached hydrogen (secondary N) is 1. The second-order valence-electron chi connectivity index (χ2n) is 3.71. The molecule has 0 bridgehead atoms. The second-order valence-corrected chi connectivity index (χ2v) is 4.62. The lowest BCUT2D eigenvalue weighted by Gasteiger charge is -2.08. The Balaban J connectivity index is 2.24. The molecule has 0 heterocycles. The van der Waals surface area contributed by atoms with Crippen LogP contribution in [0.3, 0.4) is 0 Å². The van der Waals surface area contributed by atoms with Crippen molar-refractivity contribution >= 4 is 33.0 Å². The number of nitrogen functional groups attached to an aromatic ring is 1. The molecule has 0 aromatic heterocycles. The van der Waals surface area contributed by atoms with Crippen LogP contribution in [0.1, 0.15) is 5.56 Å². The normalized spacial score (nSPS) is 10.1. The molecule has 0 amide bonds. The summed E-state index contributed by atoms with van der Waals surface area (Å²) in [5.41, 5.74) is 9.80. The number of benzene rings is 2. The van der Waals surface area contributed by atoms with E-state index in [0.717, 1.165) is 27.1 Å². The second kappa shape index (κ2) is 4.58. The molecule has 0 saturated carbocycles. The lowest BCUT2D eigenvalue weighted by Crippen LogP contribution is -1.94. The predicted octanol–water partition coefficient (Wildman–Crippen LogP) is 4.08. The fourth-order valence-electron chi connectivity index (χ4n) is 1.45. The molecule has 0 fully saturated rings. The van der Waals surface area contributed by atoms with Crippen LogP contribution in [0.2, 0.25) is 0 Å². The summed E-state index contributed by atoms with van der Waals surface area (Å²) in [7, 11) is 0. The highest BCUT2D eigenvalue weighted by Gasteiger charge is 1.98. The van der Waals surface area contributed by atoms with Crippen LogP contribution in [0.5, 0.6) is 0 Å². The lowest BCUT2D eigenvalue weighted by atomic mass is 10.2. The van der Waals surface area contributed by atoms with Crippen LogP contribution in [0, 0.1) is 6.92 Å². The van der Waals surface area contributed by atoms with Gasteiger partial charge in [0.15, 0.2) is 0 Å². The number of hydrogen-bond donors (Lipinski definition) is 2. The van der Waals surface area contributed by atoms with E-state index in [2.05, 4.69) is 21.2 Å². The minimum atomic E-state index is 0.806. The monoisotopic (exact) mass is 276 g/mol. The van der Waals surface area contributed by atoms with Crippen molar-refractivity contribution < 1.29 is 0 Å². The summed E-state index contributed by atoms with van der Waals surface area (Å²) in [6.45, 7) is 2.00. The molecule has 0 aliphatic rings. The first kappa shape index (κ1) is 11.0. The highest BCUT2D eigenvalue weighted by Crippen LogP contribution is 2.23. The lowest BCUT2D eigenvalue weighted by molar-refractivity contribution is 1.45. The fraction of sp³-hybridized carbons (Fsp3) is 0.0769. The van der Waals surface area contributed by atoms with Crippen LogP contribution >= 0.6 is 15.9 Å². The van der Waals surface area contributed by atoms with Gasteiger partial charge in [-0.15, -0.1) is 0 Å². The molecule has 0 unspecified atom stereocenters. The molecule has 0 spiro atoms. The molecule has 2 nitrogen and oxygen atoms in total. The number of nitrogens with two attached hydrogens (primary N) is 1. The van der Waals surface area contributed by atoms with Gasteiger partial charge in [0.1, 0.15) is 0 Å². The Bertz CT molecular complexity index is 509. The van der Waals surface area contributed by atoms with Gasteiger partial charge in [-0.05, 0) is 42.8 Å². The maximum absolute atomic E-state index is 5.85. The van der Waals surface area contributed by atoms with E-state index < -0.39 is 0 Å². The zero-order valence-electron chi connectivity index (χ0n) is 9.00. The van der Waals surface area contributed by atoms with Crippen LogP contribution in [-0.4, -0.2) is 0 Å². The minimum absolute atomic E-state index is 0.806. The molecule has 2 aromatic rings. The highest BCUT2D eigenvalue weighted by molar-refractivity contribution is 9.10. The summed E-state index contributed by atoms with van der Waals surface area (Å²) in [5.74, 6) is 0. The molecule has 0 saturated heterocycles. The van der Waals surface area contributed by atoms with Gasteiger partial charge < -0.3 is 11.1 Å². The largest absolute Gasteiger partial charge is 0.398 e. The first-order chi connectivity index (χ1) is 7.65. The molecule has 0 aliphatic carbocycles. The van der Waals surface area contributed by atoms with Crippen LogP contribution in [0.25, 0.3) is 0 Å². The summed E-state index contributed by atoms with van der Waals surface area (Å²) in [4.78, 5) is 0. The maximum atomic E-state index is 5.85. The van der Waals surface area contributed by atoms with Crippen LogP contribution in [-0.2, 0) is 0 Å². The number of halogens is 1. The molecule has 16 heavy (non-hydrogen) atoms. The molecule has 3 N–H and O–H groups in total. The Hall–Kier alpha value is -1.48. The summed E-state index contributed by atoms with van der Waals surface area (Å²) in [6.07, 6.45) is 0. The van der Waals surface area contributed by atoms with E-state index in [0.29, 0.717) is 0 Å². The number of rotatable bonds is 2. The molecule has 82 valence electrons. The molecule has 0 aliphatic heterocycles. The summed E-state index contributed by atoms with van der Waals surface area (Å²) >= 11 is 3.44. The van der Waals surface area contributed by atoms with Crippen molar-refractivity contribution in [3.05, 3.63) is 52.5 Å². The van der Waals surface area contributed by atoms with Crippen molar-refractivity contribution in [1.29, 1.82) is 0 Å². The van der Waals surface area contributed by atoms with E-state index in [4.69, 9.17) is 5.73 Å².